The zero-order valence-corrected chi connectivity index (χ0v) is 15.4. The lowest BCUT2D eigenvalue weighted by Crippen LogP contribution is -2.40. The molecule has 1 N–H and O–H groups in total. The van der Waals surface area contributed by atoms with Crippen molar-refractivity contribution in [2.75, 3.05) is 30.8 Å². The van der Waals surface area contributed by atoms with Crippen molar-refractivity contribution in [3.63, 3.8) is 0 Å². The minimum Gasteiger partial charge on any atom is -0.497 e. The zero-order valence-electron chi connectivity index (χ0n) is 14.6. The van der Waals surface area contributed by atoms with E-state index in [0.717, 1.165) is 34.0 Å². The van der Waals surface area contributed by atoms with E-state index in [1.54, 1.807) is 7.11 Å². The third kappa shape index (κ3) is 5.73. The van der Waals surface area contributed by atoms with Crippen LogP contribution in [0, 0.1) is 5.82 Å². The molecule has 140 valence electrons. The molecule has 0 radical (unpaired) electrons. The SMILES string of the molecule is COc1ccc(CCNC(=O)CN(c2ccc(F)cc2)S(C)(=O)=O)cc1. The molecule has 6 nitrogen and oxygen atoms in total. The summed E-state index contributed by atoms with van der Waals surface area (Å²) in [5.74, 6) is -0.166. The van der Waals surface area contributed by atoms with Crippen molar-refractivity contribution in [2.45, 2.75) is 6.42 Å². The normalized spacial score (nSPS) is 11.0. The average Bonchev–Trinajstić information content (AvgIpc) is 2.60. The van der Waals surface area contributed by atoms with Gasteiger partial charge in [0.05, 0.1) is 19.1 Å². The van der Waals surface area contributed by atoms with Gasteiger partial charge in [0.1, 0.15) is 18.1 Å². The number of methoxy groups -OCH3 is 1. The molecule has 26 heavy (non-hydrogen) atoms. The van der Waals surface area contributed by atoms with Crippen molar-refractivity contribution in [3.8, 4) is 5.75 Å². The van der Waals surface area contributed by atoms with Crippen LogP contribution in [0.5, 0.6) is 5.75 Å². The van der Waals surface area contributed by atoms with Crippen LogP contribution in [0.4, 0.5) is 10.1 Å². The molecule has 8 heteroatoms. The Bertz CT molecular complexity index is 836. The van der Waals surface area contributed by atoms with E-state index in [0.29, 0.717) is 13.0 Å². The number of rotatable bonds is 8. The van der Waals surface area contributed by atoms with Crippen molar-refractivity contribution in [1.29, 1.82) is 0 Å². The van der Waals surface area contributed by atoms with Gasteiger partial charge in [0.2, 0.25) is 15.9 Å². The first-order valence-corrected chi connectivity index (χ1v) is 9.77. The maximum atomic E-state index is 13.0. The van der Waals surface area contributed by atoms with Gasteiger partial charge in [-0.1, -0.05) is 12.1 Å². The molecule has 1 amide bonds. The molecule has 0 unspecified atom stereocenters. The number of benzene rings is 2. The maximum absolute atomic E-state index is 13.0. The topological polar surface area (TPSA) is 75.7 Å². The molecule has 0 spiro atoms. The van der Waals surface area contributed by atoms with Crippen LogP contribution in [0.15, 0.2) is 48.5 Å². The number of hydrogen-bond donors (Lipinski definition) is 1. The second-order valence-corrected chi connectivity index (χ2v) is 7.60. The molecule has 2 rings (SSSR count). The zero-order chi connectivity index (χ0) is 19.2. The number of anilines is 1. The van der Waals surface area contributed by atoms with Gasteiger partial charge in [-0.3, -0.25) is 9.10 Å². The van der Waals surface area contributed by atoms with Crippen LogP contribution in [-0.2, 0) is 21.2 Å². The maximum Gasteiger partial charge on any atom is 0.240 e. The number of ether oxygens (including phenoxy) is 1. The molecule has 0 atom stereocenters. The van der Waals surface area contributed by atoms with Gasteiger partial charge in [-0.15, -0.1) is 0 Å². The van der Waals surface area contributed by atoms with Gasteiger partial charge in [0, 0.05) is 6.54 Å². The quantitative estimate of drug-likeness (QED) is 0.760. The van der Waals surface area contributed by atoms with Crippen LogP contribution in [0.2, 0.25) is 0 Å². The number of nitrogens with one attached hydrogen (secondary N) is 1. The Morgan fingerprint density at radius 3 is 2.27 bits per heavy atom. The van der Waals surface area contributed by atoms with Gasteiger partial charge in [0.15, 0.2) is 0 Å². The summed E-state index contributed by atoms with van der Waals surface area (Å²) in [5, 5.41) is 2.69. The summed E-state index contributed by atoms with van der Waals surface area (Å²) in [6.07, 6.45) is 1.60. The standard InChI is InChI=1S/C18H21FN2O4S/c1-25-17-9-3-14(4-10-17)11-12-20-18(22)13-21(26(2,23)24)16-7-5-15(19)6-8-16/h3-10H,11-13H2,1-2H3,(H,20,22). The van der Waals surface area contributed by atoms with E-state index >= 15 is 0 Å². The van der Waals surface area contributed by atoms with Crippen LogP contribution in [0.3, 0.4) is 0 Å². The largest absolute Gasteiger partial charge is 0.497 e. The molecule has 0 bridgehead atoms. The highest BCUT2D eigenvalue weighted by atomic mass is 32.2. The van der Waals surface area contributed by atoms with E-state index in [1.807, 2.05) is 24.3 Å². The Kier molecular flexibility index (Phi) is 6.57. The van der Waals surface area contributed by atoms with E-state index in [2.05, 4.69) is 5.32 Å². The molecular weight excluding hydrogens is 359 g/mol. The molecule has 0 aliphatic carbocycles. The molecule has 0 saturated heterocycles. The molecular formula is C18H21FN2O4S. The Hall–Kier alpha value is -2.61. The summed E-state index contributed by atoms with van der Waals surface area (Å²) in [6, 6.07) is 12.4. The fraction of sp³-hybridized carbons (Fsp3) is 0.278. The van der Waals surface area contributed by atoms with Crippen molar-refractivity contribution in [1.82, 2.24) is 5.32 Å². The van der Waals surface area contributed by atoms with Gasteiger partial charge in [-0.05, 0) is 48.4 Å². The number of hydrogen-bond acceptors (Lipinski definition) is 4. The number of nitrogens with zero attached hydrogens (tertiary/aromatic N) is 1. The number of sulfonamides is 1. The van der Waals surface area contributed by atoms with E-state index in [4.69, 9.17) is 4.74 Å². The smallest absolute Gasteiger partial charge is 0.240 e. The Labute approximate surface area is 152 Å². The van der Waals surface area contributed by atoms with Gasteiger partial charge >= 0.3 is 0 Å². The van der Waals surface area contributed by atoms with E-state index in [-0.39, 0.29) is 12.2 Å². The van der Waals surface area contributed by atoms with Gasteiger partial charge < -0.3 is 10.1 Å². The first-order chi connectivity index (χ1) is 12.3. The average molecular weight is 380 g/mol. The third-order valence-corrected chi connectivity index (χ3v) is 4.84. The summed E-state index contributed by atoms with van der Waals surface area (Å²) < 4.78 is 42.9. The van der Waals surface area contributed by atoms with Crippen LogP contribution in [0.1, 0.15) is 5.56 Å². The van der Waals surface area contributed by atoms with Crippen LogP contribution in [0.25, 0.3) is 0 Å². The highest BCUT2D eigenvalue weighted by Crippen LogP contribution is 2.17. The van der Waals surface area contributed by atoms with Gasteiger partial charge in [-0.25, -0.2) is 12.8 Å². The van der Waals surface area contributed by atoms with E-state index in [1.165, 1.54) is 12.1 Å². The lowest BCUT2D eigenvalue weighted by Gasteiger charge is -2.21. The summed E-state index contributed by atoms with van der Waals surface area (Å²) in [5.41, 5.74) is 1.25. The first kappa shape index (κ1) is 19.7. The number of carbonyl (C=O) groups excluding carboxylic acids is 1. The number of carbonyl (C=O) groups is 1. The minimum atomic E-state index is -3.67. The first-order valence-electron chi connectivity index (χ1n) is 7.92. The monoisotopic (exact) mass is 380 g/mol. The minimum absolute atomic E-state index is 0.235. The molecule has 0 saturated carbocycles. The fourth-order valence-electron chi connectivity index (χ4n) is 2.33. The molecule has 2 aromatic carbocycles. The lowest BCUT2D eigenvalue weighted by molar-refractivity contribution is -0.119. The number of halogens is 1. The van der Waals surface area contributed by atoms with Crippen LogP contribution >= 0.6 is 0 Å². The number of amides is 1. The molecule has 2 aromatic rings. The summed E-state index contributed by atoms with van der Waals surface area (Å²) in [7, 11) is -2.09. The fourth-order valence-corrected chi connectivity index (χ4v) is 3.19. The van der Waals surface area contributed by atoms with Crippen LogP contribution in [-0.4, -0.2) is 40.8 Å². The van der Waals surface area contributed by atoms with Crippen LogP contribution < -0.4 is 14.4 Å². The predicted octanol–water partition coefficient (Wildman–Crippen LogP) is 1.96. The van der Waals surface area contributed by atoms with Crippen molar-refractivity contribution in [3.05, 3.63) is 59.9 Å². The van der Waals surface area contributed by atoms with Gasteiger partial charge in [0.25, 0.3) is 0 Å². The second kappa shape index (κ2) is 8.66. The van der Waals surface area contributed by atoms with E-state index in [9.17, 15) is 17.6 Å². The molecule has 0 aliphatic rings. The predicted molar refractivity (Wildman–Crippen MR) is 98.3 cm³/mol. The highest BCUT2D eigenvalue weighted by Gasteiger charge is 2.20. The summed E-state index contributed by atoms with van der Waals surface area (Å²) in [6.45, 7) is -0.000734. The van der Waals surface area contributed by atoms with Crippen molar-refractivity contribution < 1.29 is 22.3 Å². The lowest BCUT2D eigenvalue weighted by atomic mass is 10.1. The van der Waals surface area contributed by atoms with E-state index < -0.39 is 21.7 Å². The second-order valence-electron chi connectivity index (χ2n) is 5.69. The highest BCUT2D eigenvalue weighted by molar-refractivity contribution is 7.92. The summed E-state index contributed by atoms with van der Waals surface area (Å²) >= 11 is 0. The van der Waals surface area contributed by atoms with Crippen molar-refractivity contribution >= 4 is 21.6 Å². The molecule has 0 heterocycles. The Morgan fingerprint density at radius 2 is 1.73 bits per heavy atom. The van der Waals surface area contributed by atoms with Gasteiger partial charge in [-0.2, -0.15) is 0 Å². The third-order valence-electron chi connectivity index (χ3n) is 3.70. The molecule has 0 aliphatic heterocycles. The summed E-state index contributed by atoms with van der Waals surface area (Å²) in [4.78, 5) is 12.1. The molecule has 0 aromatic heterocycles. The van der Waals surface area contributed by atoms with Crippen molar-refractivity contribution in [2.24, 2.45) is 0 Å². The Morgan fingerprint density at radius 1 is 1.12 bits per heavy atom. The Balaban J connectivity index is 1.93. The molecule has 0 fully saturated rings.